The average molecular weight is 412 g/mol. The van der Waals surface area contributed by atoms with Gasteiger partial charge in [-0.2, -0.15) is 5.10 Å². The lowest BCUT2D eigenvalue weighted by Gasteiger charge is -2.15. The minimum Gasteiger partial charge on any atom is -0.394 e. The Morgan fingerprint density at radius 3 is 2.67 bits per heavy atom. The Labute approximate surface area is 169 Å². The molecule has 11 nitrogen and oxygen atoms in total. The van der Waals surface area contributed by atoms with Gasteiger partial charge in [-0.15, -0.1) is 0 Å². The summed E-state index contributed by atoms with van der Waals surface area (Å²) in [5.41, 5.74) is 0.517. The van der Waals surface area contributed by atoms with E-state index in [9.17, 15) is 24.3 Å². The lowest BCUT2D eigenvalue weighted by atomic mass is 10.1. The van der Waals surface area contributed by atoms with E-state index < -0.39 is 42.3 Å². The molecule has 30 heavy (non-hydrogen) atoms. The maximum absolute atomic E-state index is 12.4. The van der Waals surface area contributed by atoms with Gasteiger partial charge >= 0.3 is 5.69 Å². The Kier molecular flexibility index (Phi) is 6.23. The largest absolute Gasteiger partial charge is 0.394 e. The molecule has 1 aromatic carbocycles. The third kappa shape index (κ3) is 4.89. The van der Waals surface area contributed by atoms with Crippen LogP contribution in [0.1, 0.15) is 5.56 Å². The highest BCUT2D eigenvalue weighted by Crippen LogP contribution is 2.19. The lowest BCUT2D eigenvalue weighted by Crippen LogP contribution is -2.48. The molecule has 1 atom stereocenters. The summed E-state index contributed by atoms with van der Waals surface area (Å²) in [6.07, 6.45) is 1.24. The Bertz CT molecular complexity index is 1160. The molecule has 2 aromatic heterocycles. The van der Waals surface area contributed by atoms with Crippen molar-refractivity contribution in [2.24, 2.45) is 0 Å². The van der Waals surface area contributed by atoms with Gasteiger partial charge in [-0.1, -0.05) is 30.3 Å². The number of hydrogen-bond donors (Lipinski definition) is 5. The Morgan fingerprint density at radius 2 is 1.97 bits per heavy atom. The van der Waals surface area contributed by atoms with Crippen LogP contribution in [0.15, 0.2) is 52.2 Å². The molecule has 0 saturated heterocycles. The number of amides is 2. The summed E-state index contributed by atoms with van der Waals surface area (Å²) in [7, 11) is 0. The number of anilines is 1. The highest BCUT2D eigenvalue weighted by Gasteiger charge is 2.21. The van der Waals surface area contributed by atoms with Crippen molar-refractivity contribution >= 4 is 17.6 Å². The van der Waals surface area contributed by atoms with Gasteiger partial charge in [0.1, 0.15) is 12.6 Å². The monoisotopic (exact) mass is 412 g/mol. The maximum atomic E-state index is 12.4. The number of aliphatic hydroxyl groups is 1. The topological polar surface area (TPSA) is 162 Å². The maximum Gasteiger partial charge on any atom is 0.328 e. The molecule has 0 radical (unpaired) electrons. The van der Waals surface area contributed by atoms with Crippen LogP contribution in [0.2, 0.25) is 0 Å². The second-order valence-electron chi connectivity index (χ2n) is 6.52. The normalized spacial score (nSPS) is 11.7. The van der Waals surface area contributed by atoms with Crippen molar-refractivity contribution in [1.29, 1.82) is 0 Å². The molecule has 0 aliphatic rings. The second kappa shape index (κ2) is 9.01. The number of aryl methyl sites for hydroxylation is 1. The summed E-state index contributed by atoms with van der Waals surface area (Å²) in [6, 6.07) is 9.70. The standard InChI is InChI=1S/C19H20N6O5/c1-11-8-25(19(30)22-17(11)28)9-16(27)20-14(10-26)18(29)21-15-7-13(23-24-15)12-5-3-2-4-6-12/h2-8,14,26H,9-10H2,1H3,(H,20,27)(H,22,28,30)(H2,21,23,24,29)/t14-/m0/s1. The van der Waals surface area contributed by atoms with Crippen LogP contribution in [-0.2, 0) is 16.1 Å². The predicted octanol–water partition coefficient (Wildman–Crippen LogP) is -0.649. The van der Waals surface area contributed by atoms with Crippen molar-refractivity contribution in [2.75, 3.05) is 11.9 Å². The van der Waals surface area contributed by atoms with Crippen LogP contribution in [0, 0.1) is 6.92 Å². The van der Waals surface area contributed by atoms with Gasteiger partial charge in [0, 0.05) is 17.8 Å². The Balaban J connectivity index is 1.63. The number of H-pyrrole nitrogens is 2. The van der Waals surface area contributed by atoms with Crippen molar-refractivity contribution in [3.8, 4) is 11.3 Å². The van der Waals surface area contributed by atoms with E-state index in [2.05, 4.69) is 25.8 Å². The van der Waals surface area contributed by atoms with Crippen LogP contribution in [0.5, 0.6) is 0 Å². The number of rotatable bonds is 7. The summed E-state index contributed by atoms with van der Waals surface area (Å²) < 4.78 is 0.998. The number of aromatic amines is 2. The number of aliphatic hydroxyl groups excluding tert-OH is 1. The molecule has 3 aromatic rings. The van der Waals surface area contributed by atoms with Crippen molar-refractivity contribution in [3.05, 3.63) is 69.0 Å². The molecule has 156 valence electrons. The van der Waals surface area contributed by atoms with Crippen LogP contribution in [-0.4, -0.2) is 49.3 Å². The number of nitrogens with zero attached hydrogens (tertiary/aromatic N) is 2. The molecule has 0 spiro atoms. The van der Waals surface area contributed by atoms with E-state index in [1.54, 1.807) is 6.07 Å². The number of carbonyl (C=O) groups excluding carboxylic acids is 2. The van der Waals surface area contributed by atoms with Crippen molar-refractivity contribution in [2.45, 2.75) is 19.5 Å². The van der Waals surface area contributed by atoms with Gasteiger partial charge in [0.05, 0.1) is 12.3 Å². The van der Waals surface area contributed by atoms with Crippen LogP contribution >= 0.6 is 0 Å². The molecule has 5 N–H and O–H groups in total. The lowest BCUT2D eigenvalue weighted by molar-refractivity contribution is -0.127. The summed E-state index contributed by atoms with van der Waals surface area (Å²) in [5, 5.41) is 21.1. The first-order valence-corrected chi connectivity index (χ1v) is 8.99. The number of carbonyl (C=O) groups is 2. The molecule has 0 bridgehead atoms. The molecule has 11 heteroatoms. The van der Waals surface area contributed by atoms with Crippen molar-refractivity contribution < 1.29 is 14.7 Å². The molecule has 2 amide bonds. The Morgan fingerprint density at radius 1 is 1.23 bits per heavy atom. The van der Waals surface area contributed by atoms with Gasteiger partial charge in [-0.05, 0) is 12.5 Å². The fourth-order valence-corrected chi connectivity index (χ4v) is 2.69. The molecule has 0 aliphatic carbocycles. The molecule has 0 unspecified atom stereocenters. The molecule has 0 fully saturated rings. The second-order valence-corrected chi connectivity index (χ2v) is 6.52. The fourth-order valence-electron chi connectivity index (χ4n) is 2.69. The zero-order valence-corrected chi connectivity index (χ0v) is 16.0. The quantitative estimate of drug-likeness (QED) is 0.346. The minimum absolute atomic E-state index is 0.221. The van der Waals surface area contributed by atoms with E-state index in [-0.39, 0.29) is 11.4 Å². The minimum atomic E-state index is -1.26. The van der Waals surface area contributed by atoms with E-state index >= 15 is 0 Å². The van der Waals surface area contributed by atoms with Crippen molar-refractivity contribution in [1.82, 2.24) is 25.1 Å². The van der Waals surface area contributed by atoms with Gasteiger partial charge < -0.3 is 15.7 Å². The van der Waals surface area contributed by atoms with E-state index in [1.165, 1.54) is 13.1 Å². The number of nitrogens with one attached hydrogen (secondary N) is 4. The van der Waals surface area contributed by atoms with E-state index in [4.69, 9.17) is 0 Å². The van der Waals surface area contributed by atoms with Gasteiger partial charge in [0.15, 0.2) is 5.82 Å². The van der Waals surface area contributed by atoms with Crippen LogP contribution in [0.25, 0.3) is 11.3 Å². The molecule has 2 heterocycles. The summed E-state index contributed by atoms with van der Waals surface area (Å²) in [6.45, 7) is 0.401. The summed E-state index contributed by atoms with van der Waals surface area (Å²) in [5.74, 6) is -1.15. The number of benzene rings is 1. The first-order chi connectivity index (χ1) is 14.4. The summed E-state index contributed by atoms with van der Waals surface area (Å²) in [4.78, 5) is 49.8. The third-order valence-corrected chi connectivity index (χ3v) is 4.25. The fraction of sp³-hybridized carbons (Fsp3) is 0.211. The average Bonchev–Trinajstić information content (AvgIpc) is 3.19. The molecular weight excluding hydrogens is 392 g/mol. The molecule has 0 aliphatic heterocycles. The van der Waals surface area contributed by atoms with Gasteiger partial charge in [0.2, 0.25) is 5.91 Å². The van der Waals surface area contributed by atoms with Crippen LogP contribution in [0.3, 0.4) is 0 Å². The van der Waals surface area contributed by atoms with E-state index in [0.717, 1.165) is 10.1 Å². The molecule has 0 saturated carbocycles. The highest BCUT2D eigenvalue weighted by molar-refractivity contribution is 5.97. The van der Waals surface area contributed by atoms with Gasteiger partial charge in [0.25, 0.3) is 11.5 Å². The SMILES string of the molecule is Cc1cn(CC(=O)N[C@@H](CO)C(=O)Nc2cc(-c3ccccc3)[nH]n2)c(=O)[nH]c1=O. The van der Waals surface area contributed by atoms with E-state index in [1.807, 2.05) is 30.3 Å². The first kappa shape index (κ1) is 20.7. The smallest absolute Gasteiger partial charge is 0.328 e. The number of hydrogen-bond acceptors (Lipinski definition) is 6. The zero-order valence-electron chi connectivity index (χ0n) is 16.0. The Hall–Kier alpha value is -3.99. The van der Waals surface area contributed by atoms with Crippen LogP contribution < -0.4 is 21.9 Å². The number of aromatic nitrogens is 4. The van der Waals surface area contributed by atoms with Gasteiger partial charge in [-0.3, -0.25) is 29.0 Å². The molecular formula is C19H20N6O5. The van der Waals surface area contributed by atoms with Crippen molar-refractivity contribution in [3.63, 3.8) is 0 Å². The summed E-state index contributed by atoms with van der Waals surface area (Å²) >= 11 is 0. The first-order valence-electron chi connectivity index (χ1n) is 8.99. The highest BCUT2D eigenvalue weighted by atomic mass is 16.3. The van der Waals surface area contributed by atoms with E-state index in [0.29, 0.717) is 5.69 Å². The molecule has 3 rings (SSSR count). The zero-order chi connectivity index (χ0) is 21.7. The van der Waals surface area contributed by atoms with Gasteiger partial charge in [-0.25, -0.2) is 4.79 Å². The predicted molar refractivity (Wildman–Crippen MR) is 108 cm³/mol. The third-order valence-electron chi connectivity index (χ3n) is 4.25. The van der Waals surface area contributed by atoms with Crippen LogP contribution in [0.4, 0.5) is 5.82 Å².